The molecule has 1 aromatic heterocycles. The summed E-state index contributed by atoms with van der Waals surface area (Å²) in [7, 11) is 0. The fourth-order valence-electron chi connectivity index (χ4n) is 1.95. The molecule has 0 aliphatic heterocycles. The van der Waals surface area contributed by atoms with Gasteiger partial charge < -0.3 is 15.0 Å². The molecule has 4 heteroatoms. The number of rotatable bonds is 6. The molecule has 0 saturated heterocycles. The smallest absolute Gasteiger partial charge is 0.115 e. The summed E-state index contributed by atoms with van der Waals surface area (Å²) in [4.78, 5) is 4.03. The highest BCUT2D eigenvalue weighted by atomic mass is 16.3. The molecule has 0 aliphatic carbocycles. The molecule has 0 amide bonds. The fourth-order valence-corrected chi connectivity index (χ4v) is 1.95. The van der Waals surface area contributed by atoms with E-state index in [2.05, 4.69) is 21.8 Å². The lowest BCUT2D eigenvalue weighted by molar-refractivity contribution is 0.444. The van der Waals surface area contributed by atoms with Crippen molar-refractivity contribution in [2.75, 3.05) is 6.54 Å². The summed E-state index contributed by atoms with van der Waals surface area (Å²) in [6.07, 6.45) is 5.62. The number of aromatic hydroxyl groups is 1. The molecular weight excluding hydrogens is 226 g/mol. The third-order valence-corrected chi connectivity index (χ3v) is 2.81. The third kappa shape index (κ3) is 3.89. The van der Waals surface area contributed by atoms with Gasteiger partial charge in [-0.05, 0) is 30.2 Å². The summed E-state index contributed by atoms with van der Waals surface area (Å²) in [6, 6.07) is 7.34. The lowest BCUT2D eigenvalue weighted by Crippen LogP contribution is -2.23. The Kier molecular flexibility index (Phi) is 4.36. The summed E-state index contributed by atoms with van der Waals surface area (Å²) in [6.45, 7) is 4.89. The molecule has 0 fully saturated rings. The normalized spacial score (nSPS) is 12.5. The van der Waals surface area contributed by atoms with E-state index in [1.165, 1.54) is 0 Å². The molecular formula is C14H19N3O. The van der Waals surface area contributed by atoms with Crippen molar-refractivity contribution in [3.63, 3.8) is 0 Å². The van der Waals surface area contributed by atoms with Crippen LogP contribution in [0, 0.1) is 5.92 Å². The van der Waals surface area contributed by atoms with Crippen LogP contribution in [0.2, 0.25) is 0 Å². The summed E-state index contributed by atoms with van der Waals surface area (Å²) in [5.41, 5.74) is 1.10. The zero-order valence-corrected chi connectivity index (χ0v) is 10.6. The topological polar surface area (TPSA) is 50.1 Å². The third-order valence-electron chi connectivity index (χ3n) is 2.81. The molecule has 96 valence electrons. The Morgan fingerprint density at radius 1 is 1.44 bits per heavy atom. The molecule has 1 unspecified atom stereocenters. The van der Waals surface area contributed by atoms with Gasteiger partial charge in [-0.15, -0.1) is 0 Å². The van der Waals surface area contributed by atoms with Crippen molar-refractivity contribution in [3.8, 4) is 5.75 Å². The molecule has 1 atom stereocenters. The van der Waals surface area contributed by atoms with Crippen molar-refractivity contribution < 1.29 is 5.11 Å². The van der Waals surface area contributed by atoms with Gasteiger partial charge in [0.25, 0.3) is 0 Å². The number of nitrogens with zero attached hydrogens (tertiary/aromatic N) is 2. The second-order valence-electron chi connectivity index (χ2n) is 4.67. The van der Waals surface area contributed by atoms with Crippen molar-refractivity contribution in [1.82, 2.24) is 14.9 Å². The first-order valence-electron chi connectivity index (χ1n) is 6.18. The monoisotopic (exact) mass is 245 g/mol. The van der Waals surface area contributed by atoms with Gasteiger partial charge >= 0.3 is 0 Å². The molecule has 1 aromatic carbocycles. The first kappa shape index (κ1) is 12.6. The Hall–Kier alpha value is -1.81. The molecule has 0 bridgehead atoms. The Morgan fingerprint density at radius 3 is 3.06 bits per heavy atom. The van der Waals surface area contributed by atoms with Crippen LogP contribution in [0.5, 0.6) is 5.75 Å². The quantitative estimate of drug-likeness (QED) is 0.818. The van der Waals surface area contributed by atoms with Gasteiger partial charge in [-0.1, -0.05) is 19.1 Å². The van der Waals surface area contributed by atoms with Crippen LogP contribution < -0.4 is 5.32 Å². The van der Waals surface area contributed by atoms with Crippen LogP contribution in [0.3, 0.4) is 0 Å². The largest absolute Gasteiger partial charge is 0.508 e. The summed E-state index contributed by atoms with van der Waals surface area (Å²) in [5, 5.41) is 12.8. The second-order valence-corrected chi connectivity index (χ2v) is 4.67. The summed E-state index contributed by atoms with van der Waals surface area (Å²) >= 11 is 0. The predicted molar refractivity (Wildman–Crippen MR) is 71.2 cm³/mol. The van der Waals surface area contributed by atoms with E-state index in [1.807, 2.05) is 24.7 Å². The maximum Gasteiger partial charge on any atom is 0.115 e. The molecule has 2 rings (SSSR count). The average molecular weight is 245 g/mol. The van der Waals surface area contributed by atoms with Crippen LogP contribution in [0.15, 0.2) is 43.0 Å². The van der Waals surface area contributed by atoms with Gasteiger partial charge in [0.1, 0.15) is 5.75 Å². The number of aromatic nitrogens is 2. The number of hydrogen-bond acceptors (Lipinski definition) is 3. The van der Waals surface area contributed by atoms with Crippen LogP contribution >= 0.6 is 0 Å². The van der Waals surface area contributed by atoms with Crippen molar-refractivity contribution in [2.45, 2.75) is 20.0 Å². The number of phenolic OH excluding ortho intramolecular Hbond substituents is 1. The van der Waals surface area contributed by atoms with E-state index in [9.17, 15) is 5.11 Å². The van der Waals surface area contributed by atoms with E-state index >= 15 is 0 Å². The minimum atomic E-state index is 0.320. The highest BCUT2D eigenvalue weighted by Gasteiger charge is 2.02. The van der Waals surface area contributed by atoms with Crippen molar-refractivity contribution in [2.24, 2.45) is 5.92 Å². The maximum absolute atomic E-state index is 9.35. The van der Waals surface area contributed by atoms with Gasteiger partial charge in [0.15, 0.2) is 0 Å². The molecule has 0 radical (unpaired) electrons. The Bertz CT molecular complexity index is 468. The van der Waals surface area contributed by atoms with Crippen LogP contribution in [-0.2, 0) is 13.1 Å². The highest BCUT2D eigenvalue weighted by Crippen LogP contribution is 2.10. The predicted octanol–water partition coefficient (Wildman–Crippen LogP) is 2.01. The van der Waals surface area contributed by atoms with Crippen LogP contribution in [0.25, 0.3) is 0 Å². The van der Waals surface area contributed by atoms with E-state index in [-0.39, 0.29) is 0 Å². The first-order chi connectivity index (χ1) is 8.74. The van der Waals surface area contributed by atoms with Gasteiger partial charge in [0.05, 0.1) is 6.33 Å². The number of hydrogen-bond donors (Lipinski definition) is 2. The molecule has 0 spiro atoms. The Balaban J connectivity index is 1.72. The van der Waals surface area contributed by atoms with E-state index in [4.69, 9.17) is 0 Å². The van der Waals surface area contributed by atoms with E-state index in [1.54, 1.807) is 18.3 Å². The van der Waals surface area contributed by atoms with Crippen molar-refractivity contribution in [1.29, 1.82) is 0 Å². The van der Waals surface area contributed by atoms with Crippen LogP contribution in [0.1, 0.15) is 12.5 Å². The zero-order chi connectivity index (χ0) is 12.8. The SMILES string of the molecule is CC(CNCc1cccc(O)c1)Cn1ccnc1. The maximum atomic E-state index is 9.35. The molecule has 0 saturated carbocycles. The molecule has 2 N–H and O–H groups in total. The lowest BCUT2D eigenvalue weighted by Gasteiger charge is -2.13. The van der Waals surface area contributed by atoms with E-state index in [0.717, 1.165) is 25.2 Å². The number of nitrogens with one attached hydrogen (secondary N) is 1. The number of imidazole rings is 1. The summed E-state index contributed by atoms with van der Waals surface area (Å²) < 4.78 is 2.08. The first-order valence-corrected chi connectivity index (χ1v) is 6.18. The van der Waals surface area contributed by atoms with Crippen molar-refractivity contribution in [3.05, 3.63) is 48.5 Å². The van der Waals surface area contributed by atoms with Gasteiger partial charge in [0, 0.05) is 25.5 Å². The highest BCUT2D eigenvalue weighted by molar-refractivity contribution is 5.26. The molecule has 1 heterocycles. The number of phenols is 1. The molecule has 0 aliphatic rings. The summed E-state index contributed by atoms with van der Waals surface area (Å²) in [5.74, 6) is 0.859. The fraction of sp³-hybridized carbons (Fsp3) is 0.357. The minimum Gasteiger partial charge on any atom is -0.508 e. The standard InChI is InChI=1S/C14H19N3O/c1-12(10-17-6-5-15-11-17)8-16-9-13-3-2-4-14(18)7-13/h2-7,11-12,16,18H,8-10H2,1H3. The molecule has 2 aromatic rings. The Labute approximate surface area is 107 Å². The van der Waals surface area contributed by atoms with Gasteiger partial charge in [-0.25, -0.2) is 4.98 Å². The number of benzene rings is 1. The second kappa shape index (κ2) is 6.21. The molecule has 18 heavy (non-hydrogen) atoms. The molecule has 4 nitrogen and oxygen atoms in total. The average Bonchev–Trinajstić information content (AvgIpc) is 2.82. The van der Waals surface area contributed by atoms with Crippen LogP contribution in [-0.4, -0.2) is 21.2 Å². The van der Waals surface area contributed by atoms with E-state index in [0.29, 0.717) is 11.7 Å². The van der Waals surface area contributed by atoms with Gasteiger partial charge in [-0.2, -0.15) is 0 Å². The Morgan fingerprint density at radius 2 is 2.33 bits per heavy atom. The minimum absolute atomic E-state index is 0.320. The van der Waals surface area contributed by atoms with Crippen LogP contribution in [0.4, 0.5) is 0 Å². The lowest BCUT2D eigenvalue weighted by atomic mass is 10.1. The van der Waals surface area contributed by atoms with Gasteiger partial charge in [0.2, 0.25) is 0 Å². The van der Waals surface area contributed by atoms with E-state index < -0.39 is 0 Å². The van der Waals surface area contributed by atoms with Gasteiger partial charge in [-0.3, -0.25) is 0 Å². The zero-order valence-electron chi connectivity index (χ0n) is 10.6. The van der Waals surface area contributed by atoms with Crippen molar-refractivity contribution >= 4 is 0 Å².